The number of benzene rings is 2. The number of amides is 1. The van der Waals surface area contributed by atoms with Crippen LogP contribution in [0.25, 0.3) is 0 Å². The minimum absolute atomic E-state index is 0.0312. The summed E-state index contributed by atoms with van der Waals surface area (Å²) in [4.78, 5) is 12.1. The van der Waals surface area contributed by atoms with E-state index < -0.39 is 0 Å². The summed E-state index contributed by atoms with van der Waals surface area (Å²) in [5.74, 6) is 1.42. The van der Waals surface area contributed by atoms with Crippen molar-refractivity contribution in [2.75, 3.05) is 31.4 Å². The van der Waals surface area contributed by atoms with Crippen LogP contribution in [-0.4, -0.2) is 26.7 Å². The molecule has 0 heterocycles. The highest BCUT2D eigenvalue weighted by Crippen LogP contribution is 2.28. The van der Waals surface area contributed by atoms with Crippen molar-refractivity contribution >= 4 is 17.3 Å². The highest BCUT2D eigenvalue weighted by atomic mass is 16.5. The van der Waals surface area contributed by atoms with E-state index in [0.717, 1.165) is 22.7 Å². The summed E-state index contributed by atoms with van der Waals surface area (Å²) in [5, 5.41) is 6.15. The second kappa shape index (κ2) is 8.24. The van der Waals surface area contributed by atoms with Gasteiger partial charge in [-0.1, -0.05) is 17.7 Å². The summed E-state index contributed by atoms with van der Waals surface area (Å²) in [5.41, 5.74) is 3.89. The zero-order valence-corrected chi connectivity index (χ0v) is 14.6. The molecule has 0 saturated heterocycles. The third-order valence-corrected chi connectivity index (χ3v) is 3.73. The third-order valence-electron chi connectivity index (χ3n) is 3.73. The number of ether oxygens (including phenoxy) is 2. The largest absolute Gasteiger partial charge is 0.497 e. The van der Waals surface area contributed by atoms with E-state index in [1.165, 1.54) is 5.56 Å². The summed E-state index contributed by atoms with van der Waals surface area (Å²) in [6.45, 7) is 4.52. The highest BCUT2D eigenvalue weighted by Gasteiger charge is 2.07. The van der Waals surface area contributed by atoms with E-state index in [0.29, 0.717) is 18.7 Å². The number of methoxy groups -OCH3 is 2. The summed E-state index contributed by atoms with van der Waals surface area (Å²) in [7, 11) is 3.23. The van der Waals surface area contributed by atoms with Crippen molar-refractivity contribution in [3.63, 3.8) is 0 Å². The van der Waals surface area contributed by atoms with E-state index in [9.17, 15) is 4.79 Å². The SMILES string of the molecule is COc1ccc(OC)c(NCCC(=O)Nc2ccc(C)cc2C)c1. The van der Waals surface area contributed by atoms with Gasteiger partial charge in [0.25, 0.3) is 0 Å². The van der Waals surface area contributed by atoms with E-state index in [1.807, 2.05) is 44.2 Å². The van der Waals surface area contributed by atoms with Crippen LogP contribution in [0, 0.1) is 13.8 Å². The highest BCUT2D eigenvalue weighted by molar-refractivity contribution is 5.91. The zero-order chi connectivity index (χ0) is 17.5. The first-order chi connectivity index (χ1) is 11.5. The van der Waals surface area contributed by atoms with Gasteiger partial charge in [0.2, 0.25) is 5.91 Å². The number of rotatable bonds is 7. The van der Waals surface area contributed by atoms with Crippen molar-refractivity contribution in [3.8, 4) is 11.5 Å². The Morgan fingerprint density at radius 1 is 1.00 bits per heavy atom. The van der Waals surface area contributed by atoms with Crippen LogP contribution >= 0.6 is 0 Å². The molecule has 2 rings (SSSR count). The first-order valence-electron chi connectivity index (χ1n) is 7.86. The fraction of sp³-hybridized carbons (Fsp3) is 0.316. The normalized spacial score (nSPS) is 10.2. The molecular formula is C19H24N2O3. The van der Waals surface area contributed by atoms with Gasteiger partial charge in [0, 0.05) is 24.7 Å². The third kappa shape index (κ3) is 4.65. The molecule has 24 heavy (non-hydrogen) atoms. The Bertz CT molecular complexity index is 714. The molecule has 128 valence electrons. The topological polar surface area (TPSA) is 59.6 Å². The van der Waals surface area contributed by atoms with Gasteiger partial charge in [0.05, 0.1) is 19.9 Å². The van der Waals surface area contributed by atoms with Crippen molar-refractivity contribution in [2.45, 2.75) is 20.3 Å². The first kappa shape index (κ1) is 17.7. The van der Waals surface area contributed by atoms with Crippen LogP contribution in [0.2, 0.25) is 0 Å². The monoisotopic (exact) mass is 328 g/mol. The number of carbonyl (C=O) groups is 1. The van der Waals surface area contributed by atoms with Gasteiger partial charge in [0.15, 0.2) is 0 Å². The predicted octanol–water partition coefficient (Wildman–Crippen LogP) is 3.76. The minimum Gasteiger partial charge on any atom is -0.497 e. The van der Waals surface area contributed by atoms with Crippen molar-refractivity contribution in [1.29, 1.82) is 0 Å². The van der Waals surface area contributed by atoms with Crippen molar-refractivity contribution in [1.82, 2.24) is 0 Å². The van der Waals surface area contributed by atoms with Crippen LogP contribution in [0.4, 0.5) is 11.4 Å². The predicted molar refractivity (Wildman–Crippen MR) is 97.2 cm³/mol. The lowest BCUT2D eigenvalue weighted by molar-refractivity contribution is -0.115. The summed E-state index contributed by atoms with van der Waals surface area (Å²) in [6, 6.07) is 11.5. The number of anilines is 2. The van der Waals surface area contributed by atoms with Crippen molar-refractivity contribution in [2.24, 2.45) is 0 Å². The molecule has 5 nitrogen and oxygen atoms in total. The average molecular weight is 328 g/mol. The fourth-order valence-corrected chi connectivity index (χ4v) is 2.43. The molecule has 0 unspecified atom stereocenters. The van der Waals surface area contributed by atoms with Crippen LogP contribution in [0.5, 0.6) is 11.5 Å². The lowest BCUT2D eigenvalue weighted by Gasteiger charge is -2.13. The van der Waals surface area contributed by atoms with Crippen LogP contribution in [0.1, 0.15) is 17.5 Å². The maximum atomic E-state index is 12.1. The number of nitrogens with one attached hydrogen (secondary N) is 2. The molecule has 0 aliphatic carbocycles. The molecule has 2 aromatic carbocycles. The van der Waals surface area contributed by atoms with Gasteiger partial charge in [-0.25, -0.2) is 0 Å². The zero-order valence-electron chi connectivity index (χ0n) is 14.6. The summed E-state index contributed by atoms with van der Waals surface area (Å²) >= 11 is 0. The molecule has 1 amide bonds. The molecule has 0 fully saturated rings. The molecule has 0 saturated carbocycles. The van der Waals surface area contributed by atoms with Gasteiger partial charge in [-0.3, -0.25) is 4.79 Å². The molecule has 0 atom stereocenters. The molecule has 2 aromatic rings. The molecule has 5 heteroatoms. The molecule has 0 bridgehead atoms. The number of hydrogen-bond donors (Lipinski definition) is 2. The number of hydrogen-bond acceptors (Lipinski definition) is 4. The second-order valence-corrected chi connectivity index (χ2v) is 5.61. The quantitative estimate of drug-likeness (QED) is 0.812. The van der Waals surface area contributed by atoms with E-state index in [1.54, 1.807) is 14.2 Å². The molecule has 0 aliphatic rings. The van der Waals surface area contributed by atoms with Crippen LogP contribution < -0.4 is 20.1 Å². The Labute approximate surface area is 143 Å². The fourth-order valence-electron chi connectivity index (χ4n) is 2.43. The van der Waals surface area contributed by atoms with E-state index in [-0.39, 0.29) is 5.91 Å². The molecule has 2 N–H and O–H groups in total. The lowest BCUT2D eigenvalue weighted by Crippen LogP contribution is -2.17. The van der Waals surface area contributed by atoms with Crippen LogP contribution in [-0.2, 0) is 4.79 Å². The second-order valence-electron chi connectivity index (χ2n) is 5.61. The van der Waals surface area contributed by atoms with Crippen LogP contribution in [0.3, 0.4) is 0 Å². The van der Waals surface area contributed by atoms with Gasteiger partial charge in [-0.2, -0.15) is 0 Å². The molecule has 0 aliphatic heterocycles. The standard InChI is InChI=1S/C19H24N2O3/c1-13-5-7-16(14(2)11-13)21-19(22)9-10-20-17-12-15(23-3)6-8-18(17)24-4/h5-8,11-12,20H,9-10H2,1-4H3,(H,21,22). The average Bonchev–Trinajstić information content (AvgIpc) is 2.57. The van der Waals surface area contributed by atoms with E-state index in [4.69, 9.17) is 9.47 Å². The van der Waals surface area contributed by atoms with Gasteiger partial charge < -0.3 is 20.1 Å². The Morgan fingerprint density at radius 3 is 2.46 bits per heavy atom. The first-order valence-corrected chi connectivity index (χ1v) is 7.86. The Balaban J connectivity index is 1.90. The molecular weight excluding hydrogens is 304 g/mol. The lowest BCUT2D eigenvalue weighted by atomic mass is 10.1. The van der Waals surface area contributed by atoms with Gasteiger partial charge in [0.1, 0.15) is 11.5 Å². The molecule has 0 aromatic heterocycles. The Kier molecular flexibility index (Phi) is 6.07. The van der Waals surface area contributed by atoms with E-state index >= 15 is 0 Å². The van der Waals surface area contributed by atoms with Crippen molar-refractivity contribution < 1.29 is 14.3 Å². The van der Waals surface area contributed by atoms with Gasteiger partial charge >= 0.3 is 0 Å². The number of carbonyl (C=O) groups excluding carboxylic acids is 1. The maximum absolute atomic E-state index is 12.1. The molecule has 0 spiro atoms. The van der Waals surface area contributed by atoms with Gasteiger partial charge in [-0.15, -0.1) is 0 Å². The van der Waals surface area contributed by atoms with Crippen LogP contribution in [0.15, 0.2) is 36.4 Å². The summed E-state index contributed by atoms with van der Waals surface area (Å²) < 4.78 is 10.5. The molecule has 0 radical (unpaired) electrons. The minimum atomic E-state index is -0.0312. The maximum Gasteiger partial charge on any atom is 0.226 e. The van der Waals surface area contributed by atoms with E-state index in [2.05, 4.69) is 16.7 Å². The van der Waals surface area contributed by atoms with Gasteiger partial charge in [-0.05, 0) is 37.6 Å². The van der Waals surface area contributed by atoms with Crippen molar-refractivity contribution in [3.05, 3.63) is 47.5 Å². The summed E-state index contributed by atoms with van der Waals surface area (Å²) in [6.07, 6.45) is 0.355. The Hall–Kier alpha value is -2.69. The Morgan fingerprint density at radius 2 is 1.79 bits per heavy atom. The number of aryl methyl sites for hydroxylation is 2. The smallest absolute Gasteiger partial charge is 0.226 e.